The number of hydrogen-bond acceptors (Lipinski definition) is 4. The van der Waals surface area contributed by atoms with E-state index in [9.17, 15) is 14.4 Å². The van der Waals surface area contributed by atoms with Crippen LogP contribution in [0.15, 0.2) is 24.3 Å². The summed E-state index contributed by atoms with van der Waals surface area (Å²) in [4.78, 5) is 41.7. The van der Waals surface area contributed by atoms with Crippen molar-refractivity contribution in [2.24, 2.45) is 5.92 Å². The van der Waals surface area contributed by atoms with Crippen LogP contribution in [0.2, 0.25) is 0 Å². The van der Waals surface area contributed by atoms with Gasteiger partial charge in [-0.25, -0.2) is 4.79 Å². The van der Waals surface area contributed by atoms with Crippen LogP contribution >= 0.6 is 0 Å². The summed E-state index contributed by atoms with van der Waals surface area (Å²) in [7, 11) is 0. The number of benzene rings is 1. The highest BCUT2D eigenvalue weighted by Gasteiger charge is 2.44. The van der Waals surface area contributed by atoms with E-state index in [2.05, 4.69) is 16.6 Å². The molecule has 2 atom stereocenters. The number of terminal acetylenes is 1. The number of amides is 3. The van der Waals surface area contributed by atoms with Gasteiger partial charge in [-0.3, -0.25) is 9.59 Å². The van der Waals surface area contributed by atoms with Gasteiger partial charge in [0.15, 0.2) is 0 Å². The Morgan fingerprint density at radius 2 is 1.74 bits per heavy atom. The molecule has 1 saturated carbocycles. The lowest BCUT2D eigenvalue weighted by Crippen LogP contribution is -2.54. The van der Waals surface area contributed by atoms with Crippen molar-refractivity contribution >= 4 is 17.9 Å². The van der Waals surface area contributed by atoms with Gasteiger partial charge in [0.25, 0.3) is 0 Å². The number of ether oxygens (including phenoxy) is 1. The summed E-state index contributed by atoms with van der Waals surface area (Å²) in [5.74, 6) is 2.18. The van der Waals surface area contributed by atoms with Crippen molar-refractivity contribution < 1.29 is 19.1 Å². The minimum Gasteiger partial charge on any atom is -0.444 e. The minimum absolute atomic E-state index is 0.101. The third-order valence-corrected chi connectivity index (χ3v) is 5.26. The number of nitrogens with one attached hydrogen (secondary N) is 2. The van der Waals surface area contributed by atoms with Crippen LogP contribution in [-0.4, -0.2) is 46.5 Å². The van der Waals surface area contributed by atoms with Gasteiger partial charge in [-0.05, 0) is 71.4 Å². The molecule has 0 saturated heterocycles. The van der Waals surface area contributed by atoms with E-state index in [0.717, 1.165) is 12.8 Å². The molecule has 0 aromatic heterocycles. The fourth-order valence-electron chi connectivity index (χ4n) is 3.84. The first-order valence-corrected chi connectivity index (χ1v) is 12.0. The maximum Gasteiger partial charge on any atom is 0.408 e. The normalized spacial score (nSPS) is 15.3. The van der Waals surface area contributed by atoms with E-state index in [4.69, 9.17) is 11.2 Å². The fourth-order valence-corrected chi connectivity index (χ4v) is 3.84. The Labute approximate surface area is 204 Å². The largest absolute Gasteiger partial charge is 0.444 e. The number of alkyl carbamates (subject to hydrolysis) is 1. The summed E-state index contributed by atoms with van der Waals surface area (Å²) in [6, 6.07) is 5.24. The van der Waals surface area contributed by atoms with Gasteiger partial charge in [0.1, 0.15) is 17.7 Å². The van der Waals surface area contributed by atoms with Crippen LogP contribution in [-0.2, 0) is 14.3 Å². The molecule has 1 aromatic rings. The summed E-state index contributed by atoms with van der Waals surface area (Å²) in [5, 5.41) is 5.71. The molecule has 1 aromatic carbocycles. The monoisotopic (exact) mass is 469 g/mol. The van der Waals surface area contributed by atoms with Crippen molar-refractivity contribution in [1.29, 1.82) is 0 Å². The van der Waals surface area contributed by atoms with Gasteiger partial charge < -0.3 is 20.3 Å². The van der Waals surface area contributed by atoms with Crippen molar-refractivity contribution in [3.63, 3.8) is 0 Å². The van der Waals surface area contributed by atoms with Crippen LogP contribution in [0.4, 0.5) is 4.79 Å². The van der Waals surface area contributed by atoms with Crippen molar-refractivity contribution in [3.8, 4) is 12.3 Å². The van der Waals surface area contributed by atoms with E-state index in [1.54, 1.807) is 37.8 Å². The summed E-state index contributed by atoms with van der Waals surface area (Å²) < 4.78 is 5.41. The highest BCUT2D eigenvalue weighted by Crippen LogP contribution is 2.37. The zero-order valence-corrected chi connectivity index (χ0v) is 21.5. The van der Waals surface area contributed by atoms with Gasteiger partial charge in [-0.1, -0.05) is 38.0 Å². The van der Waals surface area contributed by atoms with E-state index in [-0.39, 0.29) is 29.8 Å². The van der Waals surface area contributed by atoms with Crippen molar-refractivity contribution in [1.82, 2.24) is 15.5 Å². The van der Waals surface area contributed by atoms with Crippen LogP contribution in [0.1, 0.15) is 84.9 Å². The molecule has 0 radical (unpaired) electrons. The molecule has 2 unspecified atom stereocenters. The maximum absolute atomic E-state index is 14.0. The SMILES string of the molecule is C#Cc1ccccc1C(C(=O)NC(C)C)N(C(=O)C(CC(C)C)NC(=O)OC(C)(C)C)C1CC1. The van der Waals surface area contributed by atoms with E-state index in [0.29, 0.717) is 17.5 Å². The zero-order valence-electron chi connectivity index (χ0n) is 21.5. The molecule has 7 nitrogen and oxygen atoms in total. The maximum atomic E-state index is 14.0. The Morgan fingerprint density at radius 3 is 2.24 bits per heavy atom. The van der Waals surface area contributed by atoms with E-state index < -0.39 is 23.8 Å². The van der Waals surface area contributed by atoms with Crippen LogP contribution in [0.5, 0.6) is 0 Å². The Hall–Kier alpha value is -3.01. The molecule has 3 amide bonds. The second-order valence-electron chi connectivity index (χ2n) is 10.6. The molecule has 0 aliphatic heterocycles. The lowest BCUT2D eigenvalue weighted by molar-refractivity contribution is -0.143. The van der Waals surface area contributed by atoms with Gasteiger partial charge in [-0.15, -0.1) is 6.42 Å². The molecule has 1 aliphatic rings. The third-order valence-electron chi connectivity index (χ3n) is 5.26. The van der Waals surface area contributed by atoms with Crippen molar-refractivity contribution in [2.45, 2.75) is 97.5 Å². The minimum atomic E-state index is -0.898. The molecular weight excluding hydrogens is 430 g/mol. The smallest absolute Gasteiger partial charge is 0.408 e. The average Bonchev–Trinajstić information content (AvgIpc) is 3.53. The van der Waals surface area contributed by atoms with E-state index in [1.807, 2.05) is 39.8 Å². The number of hydrogen-bond donors (Lipinski definition) is 2. The van der Waals surface area contributed by atoms with E-state index in [1.165, 1.54) is 0 Å². The molecule has 1 fully saturated rings. The van der Waals surface area contributed by atoms with Crippen molar-refractivity contribution in [2.75, 3.05) is 0 Å². The molecule has 186 valence electrons. The topological polar surface area (TPSA) is 87.7 Å². The number of carbonyl (C=O) groups is 3. The van der Waals surface area contributed by atoms with Gasteiger partial charge >= 0.3 is 6.09 Å². The average molecular weight is 470 g/mol. The quantitative estimate of drug-likeness (QED) is 0.532. The van der Waals surface area contributed by atoms with Crippen molar-refractivity contribution in [3.05, 3.63) is 35.4 Å². The molecule has 34 heavy (non-hydrogen) atoms. The van der Waals surface area contributed by atoms with Crippen LogP contribution in [0, 0.1) is 18.3 Å². The Bertz CT molecular complexity index is 923. The lowest BCUT2D eigenvalue weighted by Gasteiger charge is -2.35. The lowest BCUT2D eigenvalue weighted by atomic mass is 9.96. The second-order valence-corrected chi connectivity index (χ2v) is 10.6. The molecule has 7 heteroatoms. The molecule has 0 heterocycles. The van der Waals surface area contributed by atoms with Gasteiger partial charge in [-0.2, -0.15) is 0 Å². The summed E-state index contributed by atoms with van der Waals surface area (Å²) in [5.41, 5.74) is 0.464. The summed E-state index contributed by atoms with van der Waals surface area (Å²) in [6.07, 6.45) is 7.08. The number of nitrogens with zero attached hydrogens (tertiary/aromatic N) is 1. The first-order chi connectivity index (χ1) is 15.8. The van der Waals surface area contributed by atoms with E-state index >= 15 is 0 Å². The fraction of sp³-hybridized carbons (Fsp3) is 0.593. The first kappa shape index (κ1) is 27.2. The molecule has 0 bridgehead atoms. The van der Waals surface area contributed by atoms with Crippen LogP contribution in [0.25, 0.3) is 0 Å². The molecule has 1 aliphatic carbocycles. The zero-order chi connectivity index (χ0) is 25.6. The first-order valence-electron chi connectivity index (χ1n) is 12.0. The highest BCUT2D eigenvalue weighted by molar-refractivity contribution is 5.93. The number of carbonyl (C=O) groups excluding carboxylic acids is 3. The molecule has 0 spiro atoms. The van der Waals surface area contributed by atoms with Gasteiger partial charge in [0.2, 0.25) is 11.8 Å². The van der Waals surface area contributed by atoms with Crippen LogP contribution in [0.3, 0.4) is 0 Å². The third kappa shape index (κ3) is 7.79. The van der Waals surface area contributed by atoms with Gasteiger partial charge in [0.05, 0.1) is 0 Å². The van der Waals surface area contributed by atoms with Crippen LogP contribution < -0.4 is 10.6 Å². The molecule has 2 rings (SSSR count). The van der Waals surface area contributed by atoms with Gasteiger partial charge in [0, 0.05) is 17.6 Å². The highest BCUT2D eigenvalue weighted by atomic mass is 16.6. The summed E-state index contributed by atoms with van der Waals surface area (Å²) >= 11 is 0. The Balaban J connectivity index is 2.49. The molecule has 2 N–H and O–H groups in total. The standard InChI is InChI=1S/C27H39N3O4/c1-9-19-12-10-11-13-21(19)23(24(31)28-18(4)5)30(20-14-15-20)25(32)22(16-17(2)3)29-26(33)34-27(6,7)8/h1,10-13,17-18,20,22-23H,14-16H2,2-8H3,(H,28,31)(H,29,33). The Morgan fingerprint density at radius 1 is 1.12 bits per heavy atom. The Kier molecular flexibility index (Phi) is 9.14. The molecular formula is C27H39N3O4. The summed E-state index contributed by atoms with van der Waals surface area (Å²) in [6.45, 7) is 13.0. The predicted molar refractivity (Wildman–Crippen MR) is 133 cm³/mol. The second kappa shape index (κ2) is 11.4. The number of rotatable bonds is 9. The predicted octanol–water partition coefficient (Wildman–Crippen LogP) is 4.16.